The number of nitrogens with two attached hydrogens (primary N) is 1. The summed E-state index contributed by atoms with van der Waals surface area (Å²) in [6.45, 7) is 1.38. The molecule has 3 amide bonds. The van der Waals surface area contributed by atoms with Gasteiger partial charge in [0.1, 0.15) is 6.04 Å². The molecule has 3 aromatic carbocycles. The predicted octanol–water partition coefficient (Wildman–Crippen LogP) is 3.25. The molecule has 2 atom stereocenters. The van der Waals surface area contributed by atoms with Crippen molar-refractivity contribution in [2.45, 2.75) is 31.5 Å². The molecule has 174 valence electrons. The second kappa shape index (κ2) is 10.8. The van der Waals surface area contributed by atoms with Crippen molar-refractivity contribution < 1.29 is 14.4 Å². The molecule has 0 spiro atoms. The maximum Gasteiger partial charge on any atom is 0.252 e. The number of carbonyl (C=O) groups excluding carboxylic acids is 3. The number of nitrogens with one attached hydrogen (secondary N) is 2. The molecule has 4 rings (SSSR count). The predicted molar refractivity (Wildman–Crippen MR) is 131 cm³/mol. The Kier molecular flexibility index (Phi) is 7.34. The van der Waals surface area contributed by atoms with Crippen LogP contribution >= 0.6 is 0 Å². The van der Waals surface area contributed by atoms with Crippen LogP contribution < -0.4 is 16.4 Å². The molecular formula is C27H28N4O3. The van der Waals surface area contributed by atoms with Crippen molar-refractivity contribution in [1.82, 2.24) is 10.2 Å². The van der Waals surface area contributed by atoms with Gasteiger partial charge < -0.3 is 16.4 Å². The lowest BCUT2D eigenvalue weighted by molar-refractivity contribution is -0.122. The van der Waals surface area contributed by atoms with Gasteiger partial charge in [0.25, 0.3) is 11.8 Å². The molecule has 7 nitrogen and oxygen atoms in total. The van der Waals surface area contributed by atoms with Crippen LogP contribution in [-0.4, -0.2) is 35.2 Å². The van der Waals surface area contributed by atoms with E-state index >= 15 is 0 Å². The second-order valence-corrected chi connectivity index (χ2v) is 8.40. The summed E-state index contributed by atoms with van der Waals surface area (Å²) in [5.41, 5.74) is 8.28. The molecule has 3 aromatic rings. The first-order valence-corrected chi connectivity index (χ1v) is 11.4. The van der Waals surface area contributed by atoms with Gasteiger partial charge in [-0.3, -0.25) is 19.3 Å². The lowest BCUT2D eigenvalue weighted by Gasteiger charge is -2.22. The standard InChI is InChI=1S/C27H28N4O3/c28-25(32)23-15-8-16-31(23)18-19-9-7-14-22(17-19)29-27(34)24(20-10-3-1-4-11-20)30-26(33)21-12-5-2-6-13-21/h1-7,9-14,17,23-24H,8,15-16,18H2,(H2,28,32)(H,29,34)(H,30,33). The van der Waals surface area contributed by atoms with Crippen molar-refractivity contribution in [3.63, 3.8) is 0 Å². The molecule has 34 heavy (non-hydrogen) atoms. The average molecular weight is 457 g/mol. The van der Waals surface area contributed by atoms with Gasteiger partial charge in [-0.2, -0.15) is 0 Å². The van der Waals surface area contributed by atoms with E-state index in [2.05, 4.69) is 15.5 Å². The lowest BCUT2D eigenvalue weighted by Crippen LogP contribution is -2.39. The van der Waals surface area contributed by atoms with E-state index in [1.54, 1.807) is 30.3 Å². The Morgan fingerprint density at radius 2 is 1.65 bits per heavy atom. The molecule has 0 bridgehead atoms. The third kappa shape index (κ3) is 5.68. The average Bonchev–Trinajstić information content (AvgIpc) is 3.32. The molecule has 2 unspecified atom stereocenters. The van der Waals surface area contributed by atoms with Gasteiger partial charge in [-0.1, -0.05) is 60.7 Å². The first kappa shape index (κ1) is 23.2. The Balaban J connectivity index is 1.50. The first-order chi connectivity index (χ1) is 16.5. The van der Waals surface area contributed by atoms with Crippen LogP contribution in [0.15, 0.2) is 84.9 Å². The molecule has 1 aliphatic heterocycles. The van der Waals surface area contributed by atoms with Crippen LogP contribution in [0.4, 0.5) is 5.69 Å². The zero-order valence-electron chi connectivity index (χ0n) is 18.8. The Morgan fingerprint density at radius 3 is 2.35 bits per heavy atom. The molecular weight excluding hydrogens is 428 g/mol. The van der Waals surface area contributed by atoms with Crippen molar-refractivity contribution in [2.75, 3.05) is 11.9 Å². The van der Waals surface area contributed by atoms with Crippen LogP contribution in [-0.2, 0) is 16.1 Å². The number of nitrogens with zero attached hydrogens (tertiary/aromatic N) is 1. The van der Waals surface area contributed by atoms with E-state index in [0.717, 1.165) is 24.9 Å². The molecule has 1 saturated heterocycles. The molecule has 0 aromatic heterocycles. The van der Waals surface area contributed by atoms with Gasteiger partial charge in [-0.15, -0.1) is 0 Å². The largest absolute Gasteiger partial charge is 0.368 e. The monoisotopic (exact) mass is 456 g/mol. The SMILES string of the molecule is NC(=O)C1CCCN1Cc1cccc(NC(=O)C(NC(=O)c2ccccc2)c2ccccc2)c1. The first-order valence-electron chi connectivity index (χ1n) is 11.4. The number of anilines is 1. The fourth-order valence-electron chi connectivity index (χ4n) is 4.28. The Morgan fingerprint density at radius 1 is 0.941 bits per heavy atom. The van der Waals surface area contributed by atoms with Crippen LogP contribution in [0.2, 0.25) is 0 Å². The smallest absolute Gasteiger partial charge is 0.252 e. The number of carbonyl (C=O) groups is 3. The minimum atomic E-state index is -0.865. The van der Waals surface area contributed by atoms with E-state index in [4.69, 9.17) is 5.73 Å². The van der Waals surface area contributed by atoms with Gasteiger partial charge in [0.05, 0.1) is 6.04 Å². The van der Waals surface area contributed by atoms with Gasteiger partial charge in [0.2, 0.25) is 5.91 Å². The van der Waals surface area contributed by atoms with Crippen LogP contribution in [0.25, 0.3) is 0 Å². The molecule has 1 heterocycles. The highest BCUT2D eigenvalue weighted by atomic mass is 16.2. The van der Waals surface area contributed by atoms with Gasteiger partial charge in [-0.05, 0) is 54.8 Å². The maximum absolute atomic E-state index is 13.3. The number of rotatable bonds is 8. The summed E-state index contributed by atoms with van der Waals surface area (Å²) >= 11 is 0. The van der Waals surface area contributed by atoms with Gasteiger partial charge in [0.15, 0.2) is 0 Å². The zero-order valence-corrected chi connectivity index (χ0v) is 18.8. The Hall–Kier alpha value is -3.97. The second-order valence-electron chi connectivity index (χ2n) is 8.40. The van der Waals surface area contributed by atoms with Crippen molar-refractivity contribution >= 4 is 23.4 Å². The summed E-state index contributed by atoms with van der Waals surface area (Å²) in [5, 5.41) is 5.78. The lowest BCUT2D eigenvalue weighted by atomic mass is 10.0. The summed E-state index contributed by atoms with van der Waals surface area (Å²) in [6, 6.07) is 24.3. The molecule has 0 aliphatic carbocycles. The fourth-order valence-corrected chi connectivity index (χ4v) is 4.28. The van der Waals surface area contributed by atoms with E-state index < -0.39 is 6.04 Å². The quantitative estimate of drug-likeness (QED) is 0.484. The Labute approximate surface area is 199 Å². The fraction of sp³-hybridized carbons (Fsp3) is 0.222. The summed E-state index contributed by atoms with van der Waals surface area (Å²) in [7, 11) is 0. The van der Waals surface area contributed by atoms with Crippen LogP contribution in [0, 0.1) is 0 Å². The van der Waals surface area contributed by atoms with E-state index in [1.165, 1.54) is 0 Å². The molecule has 7 heteroatoms. The highest BCUT2D eigenvalue weighted by Crippen LogP contribution is 2.22. The highest BCUT2D eigenvalue weighted by molar-refractivity contribution is 6.01. The number of primary amides is 1. The van der Waals surface area contributed by atoms with Crippen molar-refractivity contribution in [1.29, 1.82) is 0 Å². The minimum Gasteiger partial charge on any atom is -0.368 e. The Bertz CT molecular complexity index is 1150. The zero-order chi connectivity index (χ0) is 23.9. The van der Waals surface area contributed by atoms with Gasteiger partial charge in [0, 0.05) is 17.8 Å². The summed E-state index contributed by atoms with van der Waals surface area (Å²) in [6.07, 6.45) is 1.70. The third-order valence-electron chi connectivity index (χ3n) is 5.98. The number of amides is 3. The van der Waals surface area contributed by atoms with E-state index in [0.29, 0.717) is 23.4 Å². The van der Waals surface area contributed by atoms with E-state index in [9.17, 15) is 14.4 Å². The van der Waals surface area contributed by atoms with Gasteiger partial charge in [-0.25, -0.2) is 0 Å². The van der Waals surface area contributed by atoms with Crippen molar-refractivity contribution in [3.05, 3.63) is 102 Å². The van der Waals surface area contributed by atoms with Crippen molar-refractivity contribution in [3.8, 4) is 0 Å². The molecule has 1 aliphatic rings. The summed E-state index contributed by atoms with van der Waals surface area (Å²) in [4.78, 5) is 39.8. The highest BCUT2D eigenvalue weighted by Gasteiger charge is 2.29. The summed E-state index contributed by atoms with van der Waals surface area (Å²) < 4.78 is 0. The number of hydrogen-bond acceptors (Lipinski definition) is 4. The number of benzene rings is 3. The topological polar surface area (TPSA) is 105 Å². The molecule has 4 N–H and O–H groups in total. The van der Waals surface area contributed by atoms with Gasteiger partial charge >= 0.3 is 0 Å². The maximum atomic E-state index is 13.3. The van der Waals surface area contributed by atoms with Crippen LogP contribution in [0.1, 0.15) is 40.4 Å². The molecule has 0 radical (unpaired) electrons. The van der Waals surface area contributed by atoms with E-state index in [1.807, 2.05) is 54.6 Å². The normalized spacial score (nSPS) is 16.5. The van der Waals surface area contributed by atoms with Crippen molar-refractivity contribution in [2.24, 2.45) is 5.73 Å². The number of hydrogen-bond donors (Lipinski definition) is 3. The van der Waals surface area contributed by atoms with E-state index in [-0.39, 0.29) is 23.8 Å². The molecule has 1 fully saturated rings. The molecule has 0 saturated carbocycles. The third-order valence-corrected chi connectivity index (χ3v) is 5.98. The minimum absolute atomic E-state index is 0.256. The number of likely N-dealkylation sites (tertiary alicyclic amines) is 1. The van der Waals surface area contributed by atoms with Crippen LogP contribution in [0.5, 0.6) is 0 Å². The summed E-state index contributed by atoms with van der Waals surface area (Å²) in [5.74, 6) is -0.976. The van der Waals surface area contributed by atoms with Crippen LogP contribution in [0.3, 0.4) is 0 Å².